The largest absolute Gasteiger partial charge is 0.326 e. The van der Waals surface area contributed by atoms with Gasteiger partial charge in [-0.05, 0) is 60.5 Å². The van der Waals surface area contributed by atoms with Crippen LogP contribution in [0.2, 0.25) is 5.02 Å². The van der Waals surface area contributed by atoms with Crippen LogP contribution in [0.5, 0.6) is 0 Å². The number of halogens is 2. The SMILES string of the molecule is NS(=O)(=O)c1ccc(CCN(C(=O)c2ccc(Cl)c([N+](=O)[O-])c2)C2CC(=O)N(c3ccc(Br)cc3)C2=O)cc1. The van der Waals surface area contributed by atoms with Gasteiger partial charge in [-0.2, -0.15) is 0 Å². The molecule has 14 heteroatoms. The van der Waals surface area contributed by atoms with E-state index in [1.807, 2.05) is 0 Å². The van der Waals surface area contributed by atoms with Gasteiger partial charge in [0.2, 0.25) is 15.9 Å². The molecular weight excluding hydrogens is 616 g/mol. The number of nitrogens with zero attached hydrogens (tertiary/aromatic N) is 3. The van der Waals surface area contributed by atoms with Gasteiger partial charge in [-0.25, -0.2) is 18.5 Å². The molecule has 0 saturated carbocycles. The number of nitro benzene ring substituents is 1. The summed E-state index contributed by atoms with van der Waals surface area (Å²) in [6.45, 7) is -0.0537. The summed E-state index contributed by atoms with van der Waals surface area (Å²) in [7, 11) is -3.90. The highest BCUT2D eigenvalue weighted by Gasteiger charge is 2.44. The third-order valence-corrected chi connectivity index (χ3v) is 7.91. The quantitative estimate of drug-likeness (QED) is 0.224. The number of amides is 3. The van der Waals surface area contributed by atoms with Crippen molar-refractivity contribution in [1.29, 1.82) is 0 Å². The number of hydrogen-bond acceptors (Lipinski definition) is 7. The van der Waals surface area contributed by atoms with Crippen molar-refractivity contribution in [3.63, 3.8) is 0 Å². The zero-order chi connectivity index (χ0) is 28.5. The lowest BCUT2D eigenvalue weighted by atomic mass is 10.1. The van der Waals surface area contributed by atoms with E-state index in [-0.39, 0.29) is 34.9 Å². The number of carbonyl (C=O) groups is 3. The molecule has 1 saturated heterocycles. The Balaban J connectivity index is 1.67. The van der Waals surface area contributed by atoms with E-state index >= 15 is 0 Å². The van der Waals surface area contributed by atoms with Crippen LogP contribution in [0.15, 0.2) is 76.1 Å². The van der Waals surface area contributed by atoms with Gasteiger partial charge in [0.1, 0.15) is 11.1 Å². The highest BCUT2D eigenvalue weighted by Crippen LogP contribution is 2.30. The first-order valence-electron chi connectivity index (χ1n) is 11.4. The minimum Gasteiger partial charge on any atom is -0.326 e. The molecule has 1 unspecified atom stereocenters. The number of carbonyl (C=O) groups excluding carboxylic acids is 3. The fourth-order valence-corrected chi connectivity index (χ4v) is 5.13. The number of primary sulfonamides is 1. The van der Waals surface area contributed by atoms with Crippen molar-refractivity contribution in [2.45, 2.75) is 23.8 Å². The minimum absolute atomic E-state index is 0.0537. The maximum Gasteiger partial charge on any atom is 0.288 e. The number of benzene rings is 3. The molecule has 11 nitrogen and oxygen atoms in total. The molecule has 39 heavy (non-hydrogen) atoms. The first-order valence-corrected chi connectivity index (χ1v) is 14.1. The van der Waals surface area contributed by atoms with Crippen LogP contribution in [0.25, 0.3) is 0 Å². The Bertz CT molecular complexity index is 1580. The summed E-state index contributed by atoms with van der Waals surface area (Å²) in [6.07, 6.45) is -0.108. The van der Waals surface area contributed by atoms with Crippen LogP contribution >= 0.6 is 27.5 Å². The summed E-state index contributed by atoms with van der Waals surface area (Å²) < 4.78 is 23.9. The van der Waals surface area contributed by atoms with Crippen LogP contribution in [-0.2, 0) is 26.0 Å². The number of anilines is 1. The lowest BCUT2D eigenvalue weighted by Crippen LogP contribution is -2.46. The van der Waals surface area contributed by atoms with Gasteiger partial charge < -0.3 is 4.90 Å². The molecule has 202 valence electrons. The van der Waals surface area contributed by atoms with Crippen molar-refractivity contribution in [2.24, 2.45) is 5.14 Å². The number of nitrogens with two attached hydrogens (primary N) is 1. The molecule has 3 amide bonds. The monoisotopic (exact) mass is 634 g/mol. The number of sulfonamides is 1. The molecule has 0 radical (unpaired) electrons. The Kier molecular flexibility index (Phi) is 8.16. The Morgan fingerprint density at radius 1 is 1.10 bits per heavy atom. The van der Waals surface area contributed by atoms with E-state index in [2.05, 4.69) is 15.9 Å². The Labute approximate surface area is 236 Å². The molecule has 0 bridgehead atoms. The van der Waals surface area contributed by atoms with Gasteiger partial charge in [-0.3, -0.25) is 24.5 Å². The molecule has 1 heterocycles. The zero-order valence-electron chi connectivity index (χ0n) is 20.0. The van der Waals surface area contributed by atoms with E-state index in [1.165, 1.54) is 41.3 Å². The molecular formula is C25H20BrClN4O7S. The molecule has 0 aromatic heterocycles. The molecule has 1 fully saturated rings. The lowest BCUT2D eigenvalue weighted by Gasteiger charge is -2.28. The predicted octanol–water partition coefficient (Wildman–Crippen LogP) is 3.68. The van der Waals surface area contributed by atoms with Crippen molar-refractivity contribution < 1.29 is 27.7 Å². The van der Waals surface area contributed by atoms with E-state index in [1.54, 1.807) is 24.3 Å². The minimum atomic E-state index is -3.90. The van der Waals surface area contributed by atoms with E-state index in [4.69, 9.17) is 16.7 Å². The van der Waals surface area contributed by atoms with Gasteiger partial charge >= 0.3 is 0 Å². The van der Waals surface area contributed by atoms with E-state index < -0.39 is 44.4 Å². The van der Waals surface area contributed by atoms with Crippen molar-refractivity contribution in [1.82, 2.24) is 4.90 Å². The van der Waals surface area contributed by atoms with Crippen molar-refractivity contribution in [2.75, 3.05) is 11.4 Å². The second-order valence-electron chi connectivity index (χ2n) is 8.62. The third-order valence-electron chi connectivity index (χ3n) is 6.13. The highest BCUT2D eigenvalue weighted by atomic mass is 79.9. The van der Waals surface area contributed by atoms with E-state index in [0.717, 1.165) is 15.4 Å². The maximum atomic E-state index is 13.6. The molecule has 0 spiro atoms. The predicted molar refractivity (Wildman–Crippen MR) is 146 cm³/mol. The van der Waals surface area contributed by atoms with Crippen molar-refractivity contribution in [3.8, 4) is 0 Å². The molecule has 1 atom stereocenters. The van der Waals surface area contributed by atoms with Crippen LogP contribution in [0.3, 0.4) is 0 Å². The Hall–Kier alpha value is -3.65. The summed E-state index contributed by atoms with van der Waals surface area (Å²) >= 11 is 9.21. The fraction of sp³-hybridized carbons (Fsp3) is 0.160. The summed E-state index contributed by atoms with van der Waals surface area (Å²) in [5.74, 6) is -1.84. The first kappa shape index (κ1) is 28.4. The molecule has 3 aromatic rings. The van der Waals surface area contributed by atoms with Crippen molar-refractivity contribution >= 4 is 66.7 Å². The molecule has 2 N–H and O–H groups in total. The van der Waals surface area contributed by atoms with Gasteiger partial charge in [-0.15, -0.1) is 0 Å². The molecule has 3 aromatic carbocycles. The van der Waals surface area contributed by atoms with Gasteiger partial charge in [-0.1, -0.05) is 39.7 Å². The summed E-state index contributed by atoms with van der Waals surface area (Å²) in [4.78, 5) is 52.8. The number of rotatable bonds is 8. The Morgan fingerprint density at radius 2 is 1.74 bits per heavy atom. The smallest absolute Gasteiger partial charge is 0.288 e. The summed E-state index contributed by atoms with van der Waals surface area (Å²) in [5, 5.41) is 16.4. The van der Waals surface area contributed by atoms with Gasteiger partial charge in [0.15, 0.2) is 0 Å². The number of nitro groups is 1. The number of hydrogen-bond donors (Lipinski definition) is 1. The topological polar surface area (TPSA) is 161 Å². The fourth-order valence-electron chi connectivity index (χ4n) is 4.17. The van der Waals surface area contributed by atoms with Gasteiger partial charge in [0.25, 0.3) is 17.5 Å². The second-order valence-corrected chi connectivity index (χ2v) is 11.5. The molecule has 0 aliphatic carbocycles. The van der Waals surface area contributed by atoms with Crippen LogP contribution in [-0.4, -0.2) is 48.5 Å². The molecule has 1 aliphatic heterocycles. The Morgan fingerprint density at radius 3 is 2.33 bits per heavy atom. The van der Waals surface area contributed by atoms with Gasteiger partial charge in [0.05, 0.1) is 21.9 Å². The highest BCUT2D eigenvalue weighted by molar-refractivity contribution is 9.10. The van der Waals surface area contributed by atoms with E-state index in [9.17, 15) is 32.9 Å². The standard InChI is InChI=1S/C25H20BrClN4O7S/c26-17-4-6-18(7-5-17)30-23(32)14-22(25(30)34)29(12-11-15-1-8-19(9-2-15)39(28,37)38)24(33)16-3-10-20(27)21(13-16)31(35)36/h1-10,13,22H,11-12,14H2,(H2,28,37,38). The zero-order valence-corrected chi connectivity index (χ0v) is 23.1. The lowest BCUT2D eigenvalue weighted by molar-refractivity contribution is -0.384. The second kappa shape index (κ2) is 11.2. The molecule has 1 aliphatic rings. The van der Waals surface area contributed by atoms with Crippen molar-refractivity contribution in [3.05, 3.63) is 97.5 Å². The number of imide groups is 1. The van der Waals surface area contributed by atoms with Gasteiger partial charge in [0, 0.05) is 22.6 Å². The average molecular weight is 636 g/mol. The van der Waals surface area contributed by atoms with Crippen LogP contribution in [0.1, 0.15) is 22.3 Å². The maximum absolute atomic E-state index is 13.6. The average Bonchev–Trinajstić information content (AvgIpc) is 3.17. The van der Waals surface area contributed by atoms with Crippen LogP contribution < -0.4 is 10.0 Å². The summed E-state index contributed by atoms with van der Waals surface area (Å²) in [5.41, 5.74) is 0.400. The van der Waals surface area contributed by atoms with E-state index in [0.29, 0.717) is 11.3 Å². The molecule has 4 rings (SSSR count). The first-order chi connectivity index (χ1) is 18.4. The van der Waals surface area contributed by atoms with Crippen LogP contribution in [0, 0.1) is 10.1 Å². The van der Waals surface area contributed by atoms with Crippen LogP contribution in [0.4, 0.5) is 11.4 Å². The third kappa shape index (κ3) is 6.17. The summed E-state index contributed by atoms with van der Waals surface area (Å²) in [6, 6.07) is 14.6. The normalized spacial score (nSPS) is 15.5.